The minimum atomic E-state index is 0.0368. The Labute approximate surface area is 126 Å². The van der Waals surface area contributed by atoms with E-state index < -0.39 is 0 Å². The molecule has 0 atom stereocenters. The van der Waals surface area contributed by atoms with Crippen LogP contribution in [0.25, 0.3) is 0 Å². The Morgan fingerprint density at radius 3 is 2.65 bits per heavy atom. The third-order valence-electron chi connectivity index (χ3n) is 3.25. The van der Waals surface area contributed by atoms with Gasteiger partial charge in [-0.3, -0.25) is 9.69 Å². The van der Waals surface area contributed by atoms with Crippen molar-refractivity contribution in [1.29, 1.82) is 0 Å². The van der Waals surface area contributed by atoms with Crippen molar-refractivity contribution in [1.82, 2.24) is 9.80 Å². The summed E-state index contributed by atoms with van der Waals surface area (Å²) in [5.41, 5.74) is 6.16. The smallest absolute Gasteiger partial charge is 0.253 e. The van der Waals surface area contributed by atoms with E-state index in [4.69, 9.17) is 10.9 Å². The zero-order chi connectivity index (χ0) is 14.5. The summed E-state index contributed by atoms with van der Waals surface area (Å²) in [5, 5.41) is 11.5. The molecule has 7 heteroatoms. The monoisotopic (exact) mass is 340 g/mol. The summed E-state index contributed by atoms with van der Waals surface area (Å²) in [4.78, 5) is 16.2. The fourth-order valence-corrected chi connectivity index (χ4v) is 2.57. The number of hydrogen-bond donors (Lipinski definition) is 2. The summed E-state index contributed by atoms with van der Waals surface area (Å²) in [5.74, 6) is 0.228. The summed E-state index contributed by atoms with van der Waals surface area (Å²) in [6, 6.07) is 7.39. The molecule has 1 aliphatic rings. The zero-order valence-electron chi connectivity index (χ0n) is 11.0. The van der Waals surface area contributed by atoms with Crippen LogP contribution in [0.1, 0.15) is 10.4 Å². The van der Waals surface area contributed by atoms with Gasteiger partial charge in [-0.25, -0.2) is 0 Å². The molecule has 0 spiro atoms. The molecule has 0 unspecified atom stereocenters. The van der Waals surface area contributed by atoms with Gasteiger partial charge in [0.05, 0.1) is 6.54 Å². The lowest BCUT2D eigenvalue weighted by Crippen LogP contribution is -2.50. The molecule has 1 aromatic rings. The number of piperazine rings is 1. The van der Waals surface area contributed by atoms with Crippen LogP contribution in [-0.4, -0.2) is 59.5 Å². The molecule has 1 amide bonds. The van der Waals surface area contributed by atoms with Gasteiger partial charge < -0.3 is 15.8 Å². The summed E-state index contributed by atoms with van der Waals surface area (Å²) >= 11 is 3.37. The van der Waals surface area contributed by atoms with E-state index in [1.165, 1.54) is 0 Å². The van der Waals surface area contributed by atoms with Gasteiger partial charge in [0.25, 0.3) is 5.91 Å². The summed E-state index contributed by atoms with van der Waals surface area (Å²) < 4.78 is 0.897. The highest BCUT2D eigenvalue weighted by atomic mass is 79.9. The molecule has 0 aliphatic carbocycles. The summed E-state index contributed by atoms with van der Waals surface area (Å²) in [7, 11) is 0. The van der Waals surface area contributed by atoms with E-state index in [1.807, 2.05) is 29.2 Å². The highest BCUT2D eigenvalue weighted by Crippen LogP contribution is 2.14. The SMILES string of the molecule is NC(CN1CCN(C(=O)c2cccc(Br)c2)CC1)=NO. The number of benzene rings is 1. The number of halogens is 1. The van der Waals surface area contributed by atoms with Gasteiger partial charge >= 0.3 is 0 Å². The summed E-state index contributed by atoms with van der Waals surface area (Å²) in [6.07, 6.45) is 0. The van der Waals surface area contributed by atoms with Gasteiger partial charge in [0.15, 0.2) is 5.84 Å². The molecule has 0 aromatic heterocycles. The van der Waals surface area contributed by atoms with Crippen LogP contribution in [0.3, 0.4) is 0 Å². The van der Waals surface area contributed by atoms with Crippen LogP contribution in [-0.2, 0) is 0 Å². The number of hydrogen-bond acceptors (Lipinski definition) is 4. The zero-order valence-corrected chi connectivity index (χ0v) is 12.6. The van der Waals surface area contributed by atoms with Gasteiger partial charge in [-0.2, -0.15) is 0 Å². The molecule has 0 bridgehead atoms. The molecule has 1 saturated heterocycles. The van der Waals surface area contributed by atoms with Crippen LogP contribution < -0.4 is 5.73 Å². The van der Waals surface area contributed by atoms with Crippen molar-refractivity contribution < 1.29 is 10.0 Å². The Bertz CT molecular complexity index is 513. The second kappa shape index (κ2) is 6.71. The summed E-state index contributed by atoms with van der Waals surface area (Å²) in [6.45, 7) is 3.15. The van der Waals surface area contributed by atoms with E-state index >= 15 is 0 Å². The van der Waals surface area contributed by atoms with Crippen LogP contribution in [0.5, 0.6) is 0 Å². The van der Waals surface area contributed by atoms with Crippen LogP contribution >= 0.6 is 15.9 Å². The van der Waals surface area contributed by atoms with Gasteiger partial charge in [0, 0.05) is 36.2 Å². The first-order chi connectivity index (χ1) is 9.60. The van der Waals surface area contributed by atoms with E-state index in [0.717, 1.165) is 17.6 Å². The molecule has 1 fully saturated rings. The van der Waals surface area contributed by atoms with Crippen molar-refractivity contribution in [3.05, 3.63) is 34.3 Å². The normalized spacial score (nSPS) is 17.2. The Kier molecular flexibility index (Phi) is 4.97. The lowest BCUT2D eigenvalue weighted by molar-refractivity contribution is 0.0653. The molecule has 3 N–H and O–H groups in total. The fraction of sp³-hybridized carbons (Fsp3) is 0.385. The van der Waals surface area contributed by atoms with Crippen LogP contribution in [0, 0.1) is 0 Å². The van der Waals surface area contributed by atoms with E-state index in [0.29, 0.717) is 25.2 Å². The first-order valence-corrected chi connectivity index (χ1v) is 7.13. The predicted molar refractivity (Wildman–Crippen MR) is 79.9 cm³/mol. The molecule has 1 heterocycles. The average Bonchev–Trinajstić information content (AvgIpc) is 2.47. The average molecular weight is 341 g/mol. The maximum atomic E-state index is 12.3. The number of amides is 1. The minimum Gasteiger partial charge on any atom is -0.409 e. The number of nitrogens with two attached hydrogens (primary N) is 1. The van der Waals surface area contributed by atoms with Crippen molar-refractivity contribution >= 4 is 27.7 Å². The standard InChI is InChI=1S/C13H17BrN4O2/c14-11-3-1-2-10(8-11)13(19)18-6-4-17(5-7-18)9-12(15)16-20/h1-3,8,20H,4-7,9H2,(H2,15,16). The molecule has 6 nitrogen and oxygen atoms in total. The van der Waals surface area contributed by atoms with Gasteiger partial charge in [0.2, 0.25) is 0 Å². The van der Waals surface area contributed by atoms with Crippen molar-refractivity contribution in [3.8, 4) is 0 Å². The van der Waals surface area contributed by atoms with Crippen LogP contribution in [0.4, 0.5) is 0 Å². The van der Waals surface area contributed by atoms with Gasteiger partial charge in [-0.05, 0) is 18.2 Å². The third kappa shape index (κ3) is 3.71. The van der Waals surface area contributed by atoms with E-state index in [1.54, 1.807) is 0 Å². The molecular weight excluding hydrogens is 324 g/mol. The second-order valence-corrected chi connectivity index (χ2v) is 5.59. The Morgan fingerprint density at radius 2 is 2.05 bits per heavy atom. The van der Waals surface area contributed by atoms with Crippen molar-refractivity contribution in [2.24, 2.45) is 10.9 Å². The highest BCUT2D eigenvalue weighted by Gasteiger charge is 2.22. The molecule has 0 saturated carbocycles. The largest absolute Gasteiger partial charge is 0.409 e. The Hall–Kier alpha value is -1.60. The van der Waals surface area contributed by atoms with Crippen LogP contribution in [0.2, 0.25) is 0 Å². The highest BCUT2D eigenvalue weighted by molar-refractivity contribution is 9.10. The lowest BCUT2D eigenvalue weighted by atomic mass is 10.2. The number of nitrogens with zero attached hydrogens (tertiary/aromatic N) is 3. The molecule has 1 aromatic carbocycles. The molecule has 0 radical (unpaired) electrons. The molecule has 20 heavy (non-hydrogen) atoms. The van der Waals surface area contributed by atoms with Gasteiger partial charge in [-0.15, -0.1) is 0 Å². The van der Waals surface area contributed by atoms with E-state index in [2.05, 4.69) is 26.0 Å². The Morgan fingerprint density at radius 1 is 1.35 bits per heavy atom. The Balaban J connectivity index is 1.92. The van der Waals surface area contributed by atoms with Crippen molar-refractivity contribution in [2.75, 3.05) is 32.7 Å². The number of carbonyl (C=O) groups excluding carboxylic acids is 1. The molecular formula is C13H17BrN4O2. The van der Waals surface area contributed by atoms with Crippen molar-refractivity contribution in [3.63, 3.8) is 0 Å². The number of amidine groups is 1. The second-order valence-electron chi connectivity index (χ2n) is 4.67. The predicted octanol–water partition coefficient (Wildman–Crippen LogP) is 0.953. The quantitative estimate of drug-likeness (QED) is 0.371. The van der Waals surface area contributed by atoms with Crippen molar-refractivity contribution in [2.45, 2.75) is 0 Å². The van der Waals surface area contributed by atoms with E-state index in [9.17, 15) is 4.79 Å². The number of rotatable bonds is 3. The maximum Gasteiger partial charge on any atom is 0.253 e. The minimum absolute atomic E-state index is 0.0368. The number of carbonyl (C=O) groups is 1. The first kappa shape index (κ1) is 14.8. The maximum absolute atomic E-state index is 12.3. The molecule has 1 aliphatic heterocycles. The molecule has 108 valence electrons. The number of oxime groups is 1. The topological polar surface area (TPSA) is 82.2 Å². The third-order valence-corrected chi connectivity index (χ3v) is 3.74. The van der Waals surface area contributed by atoms with E-state index in [-0.39, 0.29) is 11.7 Å². The van der Waals surface area contributed by atoms with Gasteiger partial charge in [-0.1, -0.05) is 27.2 Å². The van der Waals surface area contributed by atoms with Gasteiger partial charge in [0.1, 0.15) is 0 Å². The fourth-order valence-electron chi connectivity index (χ4n) is 2.17. The van der Waals surface area contributed by atoms with Crippen LogP contribution in [0.15, 0.2) is 33.9 Å². The first-order valence-electron chi connectivity index (χ1n) is 6.34. The molecule has 2 rings (SSSR count). The lowest BCUT2D eigenvalue weighted by Gasteiger charge is -2.34.